The van der Waals surface area contributed by atoms with Crippen LogP contribution in [0.3, 0.4) is 0 Å². The van der Waals surface area contributed by atoms with Crippen LogP contribution >= 0.6 is 0 Å². The third-order valence-electron chi connectivity index (χ3n) is 7.00. The number of fused-ring (bicyclic) bond motifs is 1. The molecule has 31 heavy (non-hydrogen) atoms. The van der Waals surface area contributed by atoms with Gasteiger partial charge < -0.3 is 9.84 Å². The predicted octanol–water partition coefficient (Wildman–Crippen LogP) is 6.20. The molecule has 4 nitrogen and oxygen atoms in total. The van der Waals surface area contributed by atoms with Crippen molar-refractivity contribution in [2.24, 2.45) is 11.8 Å². The molecule has 2 fully saturated rings. The number of carboxylic acids is 1. The maximum absolute atomic E-state index is 14.1. The lowest BCUT2D eigenvalue weighted by Crippen LogP contribution is -2.48. The highest BCUT2D eigenvalue weighted by molar-refractivity contribution is 5.88. The number of rotatable bonds is 7. The summed E-state index contributed by atoms with van der Waals surface area (Å²) in [6.07, 6.45) is 2.16. The molecule has 4 rings (SSSR count). The fourth-order valence-electron chi connectivity index (χ4n) is 5.07. The largest absolute Gasteiger partial charge is 0.490 e. The second kappa shape index (κ2) is 9.11. The second-order valence-corrected chi connectivity index (χ2v) is 9.35. The molecule has 0 bridgehead atoms. The average Bonchev–Trinajstić information content (AvgIpc) is 2.70. The zero-order valence-corrected chi connectivity index (χ0v) is 18.2. The first-order valence-corrected chi connectivity index (χ1v) is 11.3. The minimum Gasteiger partial charge on any atom is -0.490 e. The van der Waals surface area contributed by atoms with E-state index in [0.29, 0.717) is 24.0 Å². The van der Waals surface area contributed by atoms with E-state index in [1.165, 1.54) is 12.8 Å². The van der Waals surface area contributed by atoms with Crippen molar-refractivity contribution in [2.75, 3.05) is 13.1 Å². The number of aliphatic carboxylic acids is 1. The molecule has 1 unspecified atom stereocenters. The van der Waals surface area contributed by atoms with Gasteiger partial charge in [-0.1, -0.05) is 25.1 Å². The second-order valence-electron chi connectivity index (χ2n) is 9.35. The van der Waals surface area contributed by atoms with Gasteiger partial charge in [0.25, 0.3) is 6.43 Å². The van der Waals surface area contributed by atoms with Gasteiger partial charge in [-0.25, -0.2) is 8.78 Å². The number of nitrogens with zero attached hydrogens (tertiary/aromatic N) is 1. The fourth-order valence-corrected chi connectivity index (χ4v) is 5.07. The lowest BCUT2D eigenvalue weighted by Gasteiger charge is -2.43. The molecule has 0 spiro atoms. The lowest BCUT2D eigenvalue weighted by molar-refractivity contribution is -0.139. The van der Waals surface area contributed by atoms with Gasteiger partial charge in [0.2, 0.25) is 0 Å². The van der Waals surface area contributed by atoms with E-state index in [1.54, 1.807) is 12.1 Å². The first-order valence-electron chi connectivity index (χ1n) is 11.3. The molecular weight excluding hydrogens is 400 g/mol. The fraction of sp³-hybridized carbons (Fsp3) is 0.560. The van der Waals surface area contributed by atoms with E-state index < -0.39 is 12.4 Å². The van der Waals surface area contributed by atoms with E-state index in [2.05, 4.69) is 11.8 Å². The Labute approximate surface area is 182 Å². The normalized spacial score (nSPS) is 23.6. The number of halogens is 2. The highest BCUT2D eigenvalue weighted by atomic mass is 19.3. The molecule has 1 heterocycles. The van der Waals surface area contributed by atoms with Crippen LogP contribution < -0.4 is 4.74 Å². The van der Waals surface area contributed by atoms with Crippen LogP contribution in [0.2, 0.25) is 0 Å². The minimum atomic E-state index is -2.58. The molecule has 1 N–H and O–H groups in total. The van der Waals surface area contributed by atoms with E-state index in [4.69, 9.17) is 9.84 Å². The predicted molar refractivity (Wildman–Crippen MR) is 117 cm³/mol. The molecule has 1 saturated heterocycles. The maximum atomic E-state index is 14.1. The Morgan fingerprint density at radius 3 is 2.52 bits per heavy atom. The Balaban J connectivity index is 1.54. The summed E-state index contributed by atoms with van der Waals surface area (Å²) in [4.78, 5) is 13.0. The lowest BCUT2D eigenvalue weighted by atomic mass is 9.88. The number of alkyl halides is 2. The van der Waals surface area contributed by atoms with Crippen molar-refractivity contribution in [1.29, 1.82) is 0 Å². The summed E-state index contributed by atoms with van der Waals surface area (Å²) in [5.74, 6) is 0.776. The first-order chi connectivity index (χ1) is 14.8. The number of benzene rings is 2. The Morgan fingerprint density at radius 2 is 1.87 bits per heavy atom. The zero-order valence-electron chi connectivity index (χ0n) is 18.2. The molecule has 0 aromatic heterocycles. The standard InChI is InChI=1S/C25H31F2NO3/c1-15-3-6-19(7-4-15)31-20-8-10-22-18(12-20)5-9-21(24(22)25(26)27)16(2)28-13-17(14-28)11-23(29)30/h5,8-10,12,15-17,19,25H,3-4,6-7,11,13-14H2,1-2H3,(H,29,30). The van der Waals surface area contributed by atoms with Crippen molar-refractivity contribution < 1.29 is 23.4 Å². The first kappa shape index (κ1) is 22.0. The number of likely N-dealkylation sites (tertiary alicyclic amines) is 1. The van der Waals surface area contributed by atoms with E-state index in [-0.39, 0.29) is 30.0 Å². The molecule has 2 aromatic carbocycles. The summed E-state index contributed by atoms with van der Waals surface area (Å²) >= 11 is 0. The van der Waals surface area contributed by atoms with Crippen molar-refractivity contribution in [3.63, 3.8) is 0 Å². The third kappa shape index (κ3) is 4.84. The highest BCUT2D eigenvalue weighted by Gasteiger charge is 2.34. The molecule has 168 valence electrons. The number of carbonyl (C=O) groups is 1. The van der Waals surface area contributed by atoms with Crippen molar-refractivity contribution >= 4 is 16.7 Å². The minimum absolute atomic E-state index is 0.0738. The summed E-state index contributed by atoms with van der Waals surface area (Å²) in [5, 5.41) is 10.3. The number of hydrogen-bond acceptors (Lipinski definition) is 3. The average molecular weight is 432 g/mol. The van der Waals surface area contributed by atoms with Gasteiger partial charge in [-0.05, 0) is 72.9 Å². The maximum Gasteiger partial charge on any atom is 0.303 e. The van der Waals surface area contributed by atoms with Crippen molar-refractivity contribution in [1.82, 2.24) is 4.90 Å². The zero-order chi connectivity index (χ0) is 22.1. The van der Waals surface area contributed by atoms with Crippen LogP contribution in [0.4, 0.5) is 8.78 Å². The molecule has 0 radical (unpaired) electrons. The molecule has 1 aliphatic heterocycles. The molecule has 1 saturated carbocycles. The van der Waals surface area contributed by atoms with E-state index in [9.17, 15) is 13.6 Å². The van der Waals surface area contributed by atoms with Gasteiger partial charge in [-0.15, -0.1) is 0 Å². The highest BCUT2D eigenvalue weighted by Crippen LogP contribution is 2.39. The quantitative estimate of drug-likeness (QED) is 0.567. The molecular formula is C25H31F2NO3. The van der Waals surface area contributed by atoms with E-state index in [0.717, 1.165) is 29.9 Å². The van der Waals surface area contributed by atoms with Gasteiger partial charge in [0.1, 0.15) is 5.75 Å². The van der Waals surface area contributed by atoms with Crippen molar-refractivity contribution in [3.8, 4) is 5.75 Å². The molecule has 2 aliphatic rings. The Hall–Kier alpha value is -2.21. The summed E-state index contributed by atoms with van der Waals surface area (Å²) in [6, 6.07) is 8.96. The molecule has 6 heteroatoms. The summed E-state index contributed by atoms with van der Waals surface area (Å²) in [6.45, 7) is 5.44. The molecule has 1 atom stereocenters. The summed E-state index contributed by atoms with van der Waals surface area (Å²) in [5.41, 5.74) is 0.691. The van der Waals surface area contributed by atoms with Crippen LogP contribution in [0.5, 0.6) is 5.75 Å². The number of hydrogen-bond donors (Lipinski definition) is 1. The smallest absolute Gasteiger partial charge is 0.303 e. The molecule has 2 aromatic rings. The van der Waals surface area contributed by atoms with Crippen LogP contribution in [0, 0.1) is 11.8 Å². The topological polar surface area (TPSA) is 49.8 Å². The van der Waals surface area contributed by atoms with Gasteiger partial charge in [0.05, 0.1) is 12.5 Å². The van der Waals surface area contributed by atoms with Gasteiger partial charge in [0, 0.05) is 24.7 Å². The van der Waals surface area contributed by atoms with Gasteiger partial charge in [0.15, 0.2) is 0 Å². The SMILES string of the molecule is CC1CCC(Oc2ccc3c(C(F)F)c(C(C)N4CC(CC(=O)O)C4)ccc3c2)CC1. The van der Waals surface area contributed by atoms with Gasteiger partial charge >= 0.3 is 5.97 Å². The molecule has 1 aliphatic carbocycles. The third-order valence-corrected chi connectivity index (χ3v) is 7.00. The summed E-state index contributed by atoms with van der Waals surface area (Å²) in [7, 11) is 0. The van der Waals surface area contributed by atoms with Crippen LogP contribution in [0.25, 0.3) is 10.8 Å². The van der Waals surface area contributed by atoms with Crippen molar-refractivity contribution in [3.05, 3.63) is 41.5 Å². The van der Waals surface area contributed by atoms with E-state index >= 15 is 0 Å². The van der Waals surface area contributed by atoms with Crippen LogP contribution in [-0.2, 0) is 4.79 Å². The summed E-state index contributed by atoms with van der Waals surface area (Å²) < 4.78 is 34.4. The monoisotopic (exact) mass is 431 g/mol. The van der Waals surface area contributed by atoms with Crippen LogP contribution in [0.1, 0.15) is 69.5 Å². The van der Waals surface area contributed by atoms with Crippen LogP contribution in [-0.4, -0.2) is 35.2 Å². The van der Waals surface area contributed by atoms with Crippen LogP contribution in [0.15, 0.2) is 30.3 Å². The number of ether oxygens (including phenoxy) is 1. The Kier molecular flexibility index (Phi) is 6.47. The van der Waals surface area contributed by atoms with Gasteiger partial charge in [-0.3, -0.25) is 9.69 Å². The van der Waals surface area contributed by atoms with Crippen molar-refractivity contribution in [2.45, 2.75) is 64.5 Å². The number of carboxylic acid groups (broad SMARTS) is 1. The molecule has 0 amide bonds. The van der Waals surface area contributed by atoms with Gasteiger partial charge in [-0.2, -0.15) is 0 Å². The Bertz CT molecular complexity index is 934. The van der Waals surface area contributed by atoms with E-state index in [1.807, 2.05) is 25.1 Å². The Morgan fingerprint density at radius 1 is 1.16 bits per heavy atom.